The van der Waals surface area contributed by atoms with Gasteiger partial charge in [0.1, 0.15) is 5.75 Å². The summed E-state index contributed by atoms with van der Waals surface area (Å²) in [5, 5.41) is 14.6. The molecule has 2 rings (SSSR count). The first kappa shape index (κ1) is 18.3. The third-order valence-corrected chi connectivity index (χ3v) is 4.12. The Morgan fingerprint density at radius 1 is 1.38 bits per heavy atom. The molecular weight excluding hydrogens is 308 g/mol. The molecule has 1 aromatic rings. The fourth-order valence-electron chi connectivity index (χ4n) is 2.34. The summed E-state index contributed by atoms with van der Waals surface area (Å²) in [7, 11) is 0. The van der Waals surface area contributed by atoms with E-state index < -0.39 is 0 Å². The summed E-state index contributed by atoms with van der Waals surface area (Å²) in [6, 6.07) is 7.05. The average Bonchev–Trinajstić information content (AvgIpc) is 3.42. The van der Waals surface area contributed by atoms with Crippen molar-refractivity contribution in [2.45, 2.75) is 32.6 Å². The number of hydrogen-bond acceptors (Lipinski definition) is 4. The van der Waals surface area contributed by atoms with Gasteiger partial charge in [0.2, 0.25) is 5.91 Å². The molecule has 24 heavy (non-hydrogen) atoms. The first-order valence-corrected chi connectivity index (χ1v) is 8.53. The Hall–Kier alpha value is -2.08. The van der Waals surface area contributed by atoms with Crippen molar-refractivity contribution in [1.82, 2.24) is 5.32 Å². The Morgan fingerprint density at radius 2 is 2.17 bits per heavy atom. The number of rotatable bonds is 10. The molecule has 6 heteroatoms. The van der Waals surface area contributed by atoms with Crippen LogP contribution < -0.4 is 15.4 Å². The summed E-state index contributed by atoms with van der Waals surface area (Å²) in [5.74, 6) is 0.810. The van der Waals surface area contributed by atoms with Crippen LogP contribution in [0.25, 0.3) is 0 Å². The number of benzene rings is 1. The maximum Gasteiger partial charge on any atom is 0.257 e. The van der Waals surface area contributed by atoms with Gasteiger partial charge in [-0.05, 0) is 37.3 Å². The molecule has 0 aliphatic heterocycles. The van der Waals surface area contributed by atoms with Crippen molar-refractivity contribution in [2.24, 2.45) is 11.8 Å². The van der Waals surface area contributed by atoms with E-state index in [1.165, 1.54) is 0 Å². The topological polar surface area (TPSA) is 87.7 Å². The molecule has 0 bridgehead atoms. The lowest BCUT2D eigenvalue weighted by Crippen LogP contribution is -2.33. The van der Waals surface area contributed by atoms with Crippen LogP contribution in [0, 0.1) is 11.8 Å². The summed E-state index contributed by atoms with van der Waals surface area (Å²) >= 11 is 0. The number of aliphatic hydroxyl groups excluding tert-OH is 1. The van der Waals surface area contributed by atoms with E-state index >= 15 is 0 Å². The van der Waals surface area contributed by atoms with Crippen LogP contribution in [0.2, 0.25) is 0 Å². The molecule has 1 saturated carbocycles. The molecule has 0 heterocycles. The lowest BCUT2D eigenvalue weighted by atomic mass is 10.0. The van der Waals surface area contributed by atoms with Crippen LogP contribution in [0.5, 0.6) is 5.75 Å². The van der Waals surface area contributed by atoms with Crippen molar-refractivity contribution in [2.75, 3.05) is 25.1 Å². The number of carbonyl (C=O) groups is 2. The number of anilines is 1. The molecular formula is C18H26N2O4. The molecule has 0 aromatic heterocycles. The lowest BCUT2D eigenvalue weighted by molar-refractivity contribution is -0.123. The molecule has 2 amide bonds. The molecule has 0 spiro atoms. The minimum Gasteiger partial charge on any atom is -0.484 e. The molecule has 1 atom stereocenters. The maximum atomic E-state index is 11.8. The van der Waals surface area contributed by atoms with Gasteiger partial charge >= 0.3 is 0 Å². The minimum atomic E-state index is -0.196. The van der Waals surface area contributed by atoms with Crippen LogP contribution in [-0.4, -0.2) is 36.7 Å². The normalized spacial score (nSPS) is 14.8. The zero-order valence-electron chi connectivity index (χ0n) is 14.1. The Labute approximate surface area is 142 Å². The smallest absolute Gasteiger partial charge is 0.257 e. The lowest BCUT2D eigenvalue weighted by Gasteiger charge is -2.14. The molecule has 3 N–H and O–H groups in total. The highest BCUT2D eigenvalue weighted by Gasteiger charge is 2.29. The number of aliphatic hydroxyl groups is 1. The Balaban J connectivity index is 1.74. The van der Waals surface area contributed by atoms with Crippen LogP contribution in [0.3, 0.4) is 0 Å². The molecule has 0 radical (unpaired) electrons. The quantitative estimate of drug-likeness (QED) is 0.610. The van der Waals surface area contributed by atoms with Crippen LogP contribution >= 0.6 is 0 Å². The van der Waals surface area contributed by atoms with Gasteiger partial charge < -0.3 is 20.5 Å². The van der Waals surface area contributed by atoms with Crippen molar-refractivity contribution in [3.8, 4) is 5.75 Å². The van der Waals surface area contributed by atoms with Gasteiger partial charge in [0.25, 0.3) is 5.91 Å². The number of ether oxygens (including phenoxy) is 1. The van der Waals surface area contributed by atoms with E-state index in [2.05, 4.69) is 10.6 Å². The maximum absolute atomic E-state index is 11.8. The van der Waals surface area contributed by atoms with E-state index in [1.54, 1.807) is 24.3 Å². The third-order valence-electron chi connectivity index (χ3n) is 4.12. The van der Waals surface area contributed by atoms with Gasteiger partial charge in [0, 0.05) is 30.8 Å². The second kappa shape index (κ2) is 9.27. The highest BCUT2D eigenvalue weighted by molar-refractivity contribution is 5.94. The van der Waals surface area contributed by atoms with Crippen molar-refractivity contribution in [3.05, 3.63) is 24.3 Å². The second-order valence-corrected chi connectivity index (χ2v) is 6.17. The summed E-state index contributed by atoms with van der Waals surface area (Å²) < 4.78 is 5.48. The van der Waals surface area contributed by atoms with Gasteiger partial charge in [-0.25, -0.2) is 0 Å². The molecule has 132 valence electrons. The van der Waals surface area contributed by atoms with Crippen LogP contribution in [0.4, 0.5) is 5.69 Å². The number of nitrogens with one attached hydrogen (secondary N) is 2. The number of hydrogen-bond donors (Lipinski definition) is 3. The second-order valence-electron chi connectivity index (χ2n) is 6.17. The summed E-state index contributed by atoms with van der Waals surface area (Å²) in [5.41, 5.74) is 0.679. The van der Waals surface area contributed by atoms with Gasteiger partial charge in [-0.1, -0.05) is 19.4 Å². The highest BCUT2D eigenvalue weighted by atomic mass is 16.5. The van der Waals surface area contributed by atoms with Crippen LogP contribution in [0.15, 0.2) is 24.3 Å². The SMILES string of the molecule is CC[C@H](CCO)CNC(=O)COc1cccc(NC(=O)C2CC2)c1. The van der Waals surface area contributed by atoms with Gasteiger partial charge in [0.05, 0.1) is 0 Å². The van der Waals surface area contributed by atoms with Gasteiger partial charge in [-0.3, -0.25) is 9.59 Å². The van der Waals surface area contributed by atoms with Gasteiger partial charge in [0.15, 0.2) is 6.61 Å². The standard InChI is InChI=1S/C18H26N2O4/c1-2-13(8-9-21)11-19-17(22)12-24-16-5-3-4-15(10-16)20-18(23)14-6-7-14/h3-5,10,13-14,21H,2,6-9,11-12H2,1H3,(H,19,22)(H,20,23)/t13-/m1/s1. The van der Waals surface area contributed by atoms with Crippen molar-refractivity contribution < 1.29 is 19.4 Å². The number of carbonyl (C=O) groups excluding carboxylic acids is 2. The zero-order chi connectivity index (χ0) is 17.4. The monoisotopic (exact) mass is 334 g/mol. The average molecular weight is 334 g/mol. The zero-order valence-corrected chi connectivity index (χ0v) is 14.1. The largest absolute Gasteiger partial charge is 0.484 e. The predicted molar refractivity (Wildman–Crippen MR) is 91.8 cm³/mol. The van der Waals surface area contributed by atoms with E-state index in [1.807, 2.05) is 6.92 Å². The molecule has 0 unspecified atom stereocenters. The van der Waals surface area contributed by atoms with Crippen molar-refractivity contribution >= 4 is 17.5 Å². The Morgan fingerprint density at radius 3 is 2.83 bits per heavy atom. The highest BCUT2D eigenvalue weighted by Crippen LogP contribution is 2.30. The Kier molecular flexibility index (Phi) is 7.06. The first-order valence-electron chi connectivity index (χ1n) is 8.53. The molecule has 6 nitrogen and oxygen atoms in total. The predicted octanol–water partition coefficient (Wildman–Crippen LogP) is 1.94. The first-order chi connectivity index (χ1) is 11.6. The molecule has 0 saturated heterocycles. The van der Waals surface area contributed by atoms with E-state index in [0.717, 1.165) is 19.3 Å². The Bertz CT molecular complexity index is 558. The molecule has 1 fully saturated rings. The van der Waals surface area contributed by atoms with E-state index in [-0.39, 0.29) is 36.9 Å². The van der Waals surface area contributed by atoms with Crippen LogP contribution in [-0.2, 0) is 9.59 Å². The molecule has 1 aromatic carbocycles. The van der Waals surface area contributed by atoms with E-state index in [9.17, 15) is 9.59 Å². The van der Waals surface area contributed by atoms with E-state index in [0.29, 0.717) is 24.4 Å². The van der Waals surface area contributed by atoms with E-state index in [4.69, 9.17) is 9.84 Å². The third kappa shape index (κ3) is 6.20. The molecule has 1 aliphatic rings. The van der Waals surface area contributed by atoms with Gasteiger partial charge in [-0.15, -0.1) is 0 Å². The fourth-order valence-corrected chi connectivity index (χ4v) is 2.34. The van der Waals surface area contributed by atoms with Crippen molar-refractivity contribution in [3.63, 3.8) is 0 Å². The molecule has 1 aliphatic carbocycles. The summed E-state index contributed by atoms with van der Waals surface area (Å²) in [4.78, 5) is 23.6. The number of amides is 2. The van der Waals surface area contributed by atoms with Gasteiger partial charge in [-0.2, -0.15) is 0 Å². The summed E-state index contributed by atoms with van der Waals surface area (Å²) in [6.07, 6.45) is 3.50. The minimum absolute atomic E-state index is 0.0411. The summed E-state index contributed by atoms with van der Waals surface area (Å²) in [6.45, 7) is 2.63. The fraction of sp³-hybridized carbons (Fsp3) is 0.556. The van der Waals surface area contributed by atoms with Crippen LogP contribution in [0.1, 0.15) is 32.6 Å². The van der Waals surface area contributed by atoms with Crippen molar-refractivity contribution in [1.29, 1.82) is 0 Å².